The number of rotatable bonds is 14. The molecule has 2 N–H and O–H groups in total. The number of carbonyl (C=O) groups excluding carboxylic acids is 2. The fraction of sp³-hybridized carbons (Fsp3) is 0.440. The number of nitrogens with zero attached hydrogens (tertiary/aromatic N) is 2. The summed E-state index contributed by atoms with van der Waals surface area (Å²) in [7, 11) is -3.02. The van der Waals surface area contributed by atoms with E-state index in [9.17, 15) is 26.8 Å². The molecule has 0 aromatic heterocycles. The summed E-state index contributed by atoms with van der Waals surface area (Å²) < 4.78 is 61.9. The Morgan fingerprint density at radius 1 is 1.03 bits per heavy atom. The van der Waals surface area contributed by atoms with Crippen molar-refractivity contribution in [1.82, 2.24) is 9.21 Å². The van der Waals surface area contributed by atoms with Gasteiger partial charge in [0, 0.05) is 31.1 Å². The third-order valence-corrected chi connectivity index (χ3v) is 7.73. The molecule has 0 spiro atoms. The smallest absolute Gasteiger partial charge is 0.243 e. The van der Waals surface area contributed by atoms with Crippen LogP contribution in [-0.2, 0) is 19.6 Å². The lowest BCUT2D eigenvalue weighted by atomic mass is 9.97. The van der Waals surface area contributed by atoms with Gasteiger partial charge in [-0.25, -0.2) is 17.2 Å². The van der Waals surface area contributed by atoms with Crippen molar-refractivity contribution in [1.29, 1.82) is 0 Å². The second-order valence-corrected chi connectivity index (χ2v) is 11.0. The zero-order valence-corrected chi connectivity index (χ0v) is 22.6. The van der Waals surface area contributed by atoms with Crippen molar-refractivity contribution in [2.45, 2.75) is 44.4 Å². The maximum absolute atomic E-state index is 14.8. The third-order valence-electron chi connectivity index (χ3n) is 5.66. The molecule has 204 valence electrons. The van der Waals surface area contributed by atoms with Gasteiger partial charge in [0.2, 0.25) is 21.8 Å². The molecule has 0 bridgehead atoms. The van der Waals surface area contributed by atoms with Crippen LogP contribution in [-0.4, -0.2) is 56.1 Å². The van der Waals surface area contributed by atoms with E-state index >= 15 is 0 Å². The van der Waals surface area contributed by atoms with Crippen molar-refractivity contribution < 1.29 is 31.5 Å². The second kappa shape index (κ2) is 13.7. The quantitative estimate of drug-likeness (QED) is 0.365. The number of benzene rings is 2. The lowest BCUT2D eigenvalue weighted by Gasteiger charge is -2.27. The van der Waals surface area contributed by atoms with Crippen LogP contribution in [0.1, 0.15) is 39.5 Å². The lowest BCUT2D eigenvalue weighted by Crippen LogP contribution is -2.44. The highest BCUT2D eigenvalue weighted by atomic mass is 35.5. The van der Waals surface area contributed by atoms with Gasteiger partial charge in [-0.15, -0.1) is 0 Å². The second-order valence-electron chi connectivity index (χ2n) is 8.61. The van der Waals surface area contributed by atoms with Crippen LogP contribution >= 0.6 is 11.6 Å². The molecule has 2 aromatic carbocycles. The van der Waals surface area contributed by atoms with Crippen molar-refractivity contribution >= 4 is 33.4 Å². The Balaban J connectivity index is 2.27. The summed E-state index contributed by atoms with van der Waals surface area (Å²) in [5, 5.41) is 0.392. The zero-order valence-electron chi connectivity index (χ0n) is 21.0. The molecule has 0 aliphatic carbocycles. The van der Waals surface area contributed by atoms with E-state index < -0.39 is 44.8 Å². The Morgan fingerprint density at radius 2 is 1.57 bits per heavy atom. The molecule has 0 unspecified atom stereocenters. The number of likely N-dealkylation sites (N-methyl/N-ethyl adjacent to an activating group) is 1. The van der Waals surface area contributed by atoms with Gasteiger partial charge < -0.3 is 15.4 Å². The van der Waals surface area contributed by atoms with E-state index in [1.807, 2.05) is 13.8 Å². The average molecular weight is 560 g/mol. The summed E-state index contributed by atoms with van der Waals surface area (Å²) in [6, 6.07) is 6.91. The SMILES string of the molecule is CCCC(CCC)C(=O)N(C)CCN(CC(N)=O)S(=O)(=O)c1cc(F)c(Oc2ccc(Cl)cc2)c(F)c1. The fourth-order valence-corrected chi connectivity index (χ4v) is 5.33. The Bertz CT molecular complexity index is 1170. The van der Waals surface area contributed by atoms with E-state index in [1.165, 1.54) is 36.2 Å². The molecule has 12 heteroatoms. The molecule has 0 saturated carbocycles. The number of primary amides is 1. The number of ether oxygens (including phenoxy) is 1. The molecule has 37 heavy (non-hydrogen) atoms. The molecule has 0 saturated heterocycles. The molecule has 0 aliphatic rings. The van der Waals surface area contributed by atoms with Crippen molar-refractivity contribution in [3.8, 4) is 11.5 Å². The van der Waals surface area contributed by atoms with Gasteiger partial charge >= 0.3 is 0 Å². The molecule has 0 radical (unpaired) electrons. The number of hydrogen-bond donors (Lipinski definition) is 1. The number of amides is 2. The first-order valence-electron chi connectivity index (χ1n) is 11.9. The molecule has 2 aromatic rings. The first-order chi connectivity index (χ1) is 17.4. The number of hydrogen-bond acceptors (Lipinski definition) is 5. The summed E-state index contributed by atoms with van der Waals surface area (Å²) in [5.74, 6) is -4.53. The van der Waals surface area contributed by atoms with Gasteiger partial charge in [0.1, 0.15) is 5.75 Å². The van der Waals surface area contributed by atoms with Crippen LogP contribution in [0.25, 0.3) is 0 Å². The standard InChI is InChI=1S/C25H32ClF2N3O5S/c1-4-6-17(7-5-2)25(33)30(3)12-13-31(16-23(29)32)37(34,35)20-14-21(27)24(22(28)15-20)36-19-10-8-18(26)9-11-19/h8-11,14-15,17H,4-7,12-13,16H2,1-3H3,(H2,29,32). The summed E-state index contributed by atoms with van der Waals surface area (Å²) in [4.78, 5) is 25.1. The average Bonchev–Trinajstić information content (AvgIpc) is 2.83. The highest BCUT2D eigenvalue weighted by Gasteiger charge is 2.30. The monoisotopic (exact) mass is 559 g/mol. The molecule has 0 atom stereocenters. The van der Waals surface area contributed by atoms with Crippen LogP contribution in [0.15, 0.2) is 41.3 Å². The van der Waals surface area contributed by atoms with Gasteiger partial charge in [0.25, 0.3) is 0 Å². The predicted octanol–water partition coefficient (Wildman–Crippen LogP) is 4.56. The van der Waals surface area contributed by atoms with E-state index in [4.69, 9.17) is 22.1 Å². The van der Waals surface area contributed by atoms with Gasteiger partial charge in [-0.3, -0.25) is 9.59 Å². The summed E-state index contributed by atoms with van der Waals surface area (Å²) in [5.41, 5.74) is 5.24. The minimum atomic E-state index is -4.56. The molecular weight excluding hydrogens is 528 g/mol. The molecule has 0 fully saturated rings. The number of sulfonamides is 1. The van der Waals surface area contributed by atoms with Crippen LogP contribution in [0.3, 0.4) is 0 Å². The summed E-state index contributed by atoms with van der Waals surface area (Å²) in [6.45, 7) is 2.87. The normalized spacial score (nSPS) is 11.7. The van der Waals surface area contributed by atoms with Crippen LogP contribution in [0.2, 0.25) is 5.02 Å². The topological polar surface area (TPSA) is 110 Å². The van der Waals surface area contributed by atoms with E-state index in [0.29, 0.717) is 34.3 Å². The number of halogens is 3. The number of carbonyl (C=O) groups is 2. The molecule has 2 amide bonds. The van der Waals surface area contributed by atoms with Crippen molar-refractivity contribution in [2.75, 3.05) is 26.7 Å². The Labute approximate surface area is 221 Å². The molecule has 8 nitrogen and oxygen atoms in total. The van der Waals surface area contributed by atoms with E-state index in [1.54, 1.807) is 0 Å². The predicted molar refractivity (Wildman–Crippen MR) is 137 cm³/mol. The third kappa shape index (κ3) is 8.37. The maximum Gasteiger partial charge on any atom is 0.243 e. The molecule has 0 heterocycles. The van der Waals surface area contributed by atoms with Crippen LogP contribution in [0.4, 0.5) is 8.78 Å². The minimum absolute atomic E-state index is 0.0437. The van der Waals surface area contributed by atoms with E-state index in [2.05, 4.69) is 0 Å². The van der Waals surface area contributed by atoms with Crippen molar-refractivity contribution in [3.63, 3.8) is 0 Å². The van der Waals surface area contributed by atoms with Gasteiger partial charge in [0.15, 0.2) is 17.4 Å². The van der Waals surface area contributed by atoms with Gasteiger partial charge in [-0.05, 0) is 49.2 Å². The van der Waals surface area contributed by atoms with Gasteiger partial charge in [-0.2, -0.15) is 4.31 Å². The van der Waals surface area contributed by atoms with Gasteiger partial charge in [-0.1, -0.05) is 38.3 Å². The fourth-order valence-electron chi connectivity index (χ4n) is 3.78. The first-order valence-corrected chi connectivity index (χ1v) is 13.7. The van der Waals surface area contributed by atoms with Crippen LogP contribution < -0.4 is 10.5 Å². The Kier molecular flexibility index (Phi) is 11.3. The first kappa shape index (κ1) is 30.5. The highest BCUT2D eigenvalue weighted by molar-refractivity contribution is 7.89. The lowest BCUT2D eigenvalue weighted by molar-refractivity contribution is -0.134. The van der Waals surface area contributed by atoms with E-state index in [0.717, 1.165) is 12.8 Å². The van der Waals surface area contributed by atoms with Crippen LogP contribution in [0.5, 0.6) is 11.5 Å². The maximum atomic E-state index is 14.8. The Hall–Kier alpha value is -2.76. The van der Waals surface area contributed by atoms with E-state index in [-0.39, 0.29) is 30.7 Å². The Morgan fingerprint density at radius 3 is 2.05 bits per heavy atom. The van der Waals surface area contributed by atoms with Crippen molar-refractivity contribution in [3.05, 3.63) is 53.1 Å². The number of nitrogens with two attached hydrogens (primary N) is 1. The minimum Gasteiger partial charge on any atom is -0.451 e. The summed E-state index contributed by atoms with van der Waals surface area (Å²) in [6.07, 6.45) is 3.04. The van der Waals surface area contributed by atoms with Crippen molar-refractivity contribution in [2.24, 2.45) is 11.7 Å². The van der Waals surface area contributed by atoms with Crippen LogP contribution in [0, 0.1) is 17.6 Å². The largest absolute Gasteiger partial charge is 0.451 e. The summed E-state index contributed by atoms with van der Waals surface area (Å²) >= 11 is 5.79. The molecule has 2 rings (SSSR count). The highest BCUT2D eigenvalue weighted by Crippen LogP contribution is 2.31. The molecular formula is C25H32ClF2N3O5S. The molecule has 0 aliphatic heterocycles. The zero-order chi connectivity index (χ0) is 27.8. The van der Waals surface area contributed by atoms with Gasteiger partial charge in [0.05, 0.1) is 11.4 Å².